The molecule has 1 N–H and O–H groups in total. The molecule has 7 nitrogen and oxygen atoms in total. The van der Waals surface area contributed by atoms with E-state index in [2.05, 4.69) is 15.5 Å². The molecule has 0 aliphatic carbocycles. The highest BCUT2D eigenvalue weighted by atomic mass is 32.2. The zero-order valence-electron chi connectivity index (χ0n) is 17.7. The molecule has 1 heterocycles. The van der Waals surface area contributed by atoms with Crippen molar-refractivity contribution in [2.24, 2.45) is 0 Å². The van der Waals surface area contributed by atoms with Crippen LogP contribution in [-0.4, -0.2) is 45.4 Å². The fourth-order valence-corrected chi connectivity index (χ4v) is 3.89. The second-order valence-electron chi connectivity index (χ2n) is 6.83. The van der Waals surface area contributed by atoms with Crippen LogP contribution in [0.2, 0.25) is 0 Å². The molecule has 0 fully saturated rings. The summed E-state index contributed by atoms with van der Waals surface area (Å²) >= 11 is 1.36. The van der Waals surface area contributed by atoms with E-state index < -0.39 is 0 Å². The lowest BCUT2D eigenvalue weighted by Crippen LogP contribution is -2.21. The molecule has 0 saturated heterocycles. The van der Waals surface area contributed by atoms with Gasteiger partial charge in [0.15, 0.2) is 10.9 Å². The number of aryl methyl sites for hydroxylation is 1. The van der Waals surface area contributed by atoms with E-state index in [-0.39, 0.29) is 17.4 Å². The monoisotopic (exact) mass is 438 g/mol. The Morgan fingerprint density at radius 3 is 2.48 bits per heavy atom. The zero-order chi connectivity index (χ0) is 22.1. The fraction of sp³-hybridized carbons (Fsp3) is 0.304. The summed E-state index contributed by atoms with van der Waals surface area (Å²) in [6.45, 7) is 4.61. The minimum atomic E-state index is -0.0522. The molecule has 1 aromatic heterocycles. The predicted molar refractivity (Wildman–Crippen MR) is 121 cm³/mol. The third-order valence-corrected chi connectivity index (χ3v) is 5.41. The number of carbonyl (C=O) groups is 2. The molecule has 1 amide bonds. The van der Waals surface area contributed by atoms with Gasteiger partial charge in [-0.3, -0.25) is 14.2 Å². The molecule has 3 aromatic rings. The van der Waals surface area contributed by atoms with Crippen LogP contribution in [0.4, 0.5) is 0 Å². The number of carbonyl (C=O) groups excluding carboxylic acids is 2. The number of amides is 1. The molecule has 0 unspecified atom stereocenters. The van der Waals surface area contributed by atoms with E-state index in [9.17, 15) is 9.59 Å². The third kappa shape index (κ3) is 6.42. The van der Waals surface area contributed by atoms with E-state index in [1.807, 2.05) is 66.1 Å². The van der Waals surface area contributed by atoms with Crippen LogP contribution in [0, 0.1) is 0 Å². The van der Waals surface area contributed by atoms with E-state index in [0.717, 1.165) is 23.7 Å². The molecule has 162 valence electrons. The van der Waals surface area contributed by atoms with Gasteiger partial charge in [-0.25, -0.2) is 0 Å². The fourth-order valence-electron chi connectivity index (χ4n) is 3.02. The van der Waals surface area contributed by atoms with Gasteiger partial charge < -0.3 is 10.1 Å². The molecule has 0 spiro atoms. The number of rotatable bonds is 11. The molecule has 31 heavy (non-hydrogen) atoms. The maximum atomic E-state index is 12.5. The van der Waals surface area contributed by atoms with Crippen LogP contribution in [0.5, 0.6) is 5.75 Å². The average Bonchev–Trinajstić information content (AvgIpc) is 3.19. The topological polar surface area (TPSA) is 86.1 Å². The predicted octanol–water partition coefficient (Wildman–Crippen LogP) is 3.71. The van der Waals surface area contributed by atoms with Gasteiger partial charge in [0.2, 0.25) is 5.91 Å². The van der Waals surface area contributed by atoms with Crippen molar-refractivity contribution in [1.29, 1.82) is 0 Å². The number of ketones is 1. The van der Waals surface area contributed by atoms with Gasteiger partial charge in [0.1, 0.15) is 11.6 Å². The van der Waals surface area contributed by atoms with Crippen LogP contribution in [-0.2, 0) is 11.2 Å². The molecule has 8 heteroatoms. The maximum Gasteiger partial charge on any atom is 0.216 e. The van der Waals surface area contributed by atoms with Crippen LogP contribution in [0.15, 0.2) is 59.8 Å². The number of nitrogens with zero attached hydrogens (tertiary/aromatic N) is 3. The normalized spacial score (nSPS) is 10.6. The second-order valence-corrected chi connectivity index (χ2v) is 7.77. The largest absolute Gasteiger partial charge is 0.494 e. The first kappa shape index (κ1) is 22.6. The Hall–Kier alpha value is -3.13. The van der Waals surface area contributed by atoms with Crippen molar-refractivity contribution in [1.82, 2.24) is 20.1 Å². The number of benzene rings is 2. The van der Waals surface area contributed by atoms with Crippen LogP contribution in [0.25, 0.3) is 5.69 Å². The summed E-state index contributed by atoms with van der Waals surface area (Å²) in [4.78, 5) is 23.6. The number of thioether (sulfide) groups is 1. The van der Waals surface area contributed by atoms with Gasteiger partial charge in [-0.15, -0.1) is 10.2 Å². The van der Waals surface area contributed by atoms with Crippen LogP contribution >= 0.6 is 11.8 Å². The Morgan fingerprint density at radius 2 is 1.81 bits per heavy atom. The Morgan fingerprint density at radius 1 is 1.06 bits per heavy atom. The molecule has 0 radical (unpaired) electrons. The van der Waals surface area contributed by atoms with E-state index in [4.69, 9.17) is 4.74 Å². The lowest BCUT2D eigenvalue weighted by Gasteiger charge is -2.11. The van der Waals surface area contributed by atoms with Crippen molar-refractivity contribution >= 4 is 23.5 Å². The zero-order valence-corrected chi connectivity index (χ0v) is 18.5. The molecular formula is C23H26N4O3S. The summed E-state index contributed by atoms with van der Waals surface area (Å²) in [7, 11) is 0. The summed E-state index contributed by atoms with van der Waals surface area (Å²) in [6, 6.07) is 16.9. The second kappa shape index (κ2) is 11.3. The summed E-state index contributed by atoms with van der Waals surface area (Å²) < 4.78 is 7.50. The van der Waals surface area contributed by atoms with Crippen LogP contribution < -0.4 is 10.1 Å². The van der Waals surface area contributed by atoms with Gasteiger partial charge >= 0.3 is 0 Å². The molecule has 0 aliphatic rings. The van der Waals surface area contributed by atoms with Crippen molar-refractivity contribution in [2.45, 2.75) is 31.8 Å². The standard InChI is InChI=1S/C23H26N4O3S/c1-3-30-20-13-11-19(12-14-20)27-22(10-7-15-24-17(2)28)25-26-23(27)31-16-21(29)18-8-5-4-6-9-18/h4-6,8-9,11-14H,3,7,10,15-16H2,1-2H3,(H,24,28). The van der Waals surface area contributed by atoms with E-state index in [0.29, 0.717) is 30.3 Å². The first-order valence-electron chi connectivity index (χ1n) is 10.2. The maximum absolute atomic E-state index is 12.5. The smallest absolute Gasteiger partial charge is 0.216 e. The Balaban J connectivity index is 1.78. The first-order valence-corrected chi connectivity index (χ1v) is 11.2. The molecule has 2 aromatic carbocycles. The van der Waals surface area contributed by atoms with Gasteiger partial charge in [0.25, 0.3) is 0 Å². The van der Waals surface area contributed by atoms with E-state index in [1.54, 1.807) is 0 Å². The molecule has 0 bridgehead atoms. The summed E-state index contributed by atoms with van der Waals surface area (Å²) in [6.07, 6.45) is 1.38. The highest BCUT2D eigenvalue weighted by Gasteiger charge is 2.16. The minimum Gasteiger partial charge on any atom is -0.494 e. The molecule has 0 atom stereocenters. The van der Waals surface area contributed by atoms with Gasteiger partial charge in [-0.2, -0.15) is 0 Å². The van der Waals surface area contributed by atoms with Crippen molar-refractivity contribution in [3.63, 3.8) is 0 Å². The van der Waals surface area contributed by atoms with Gasteiger partial charge in [-0.1, -0.05) is 42.1 Å². The highest BCUT2D eigenvalue weighted by Crippen LogP contribution is 2.25. The number of ether oxygens (including phenoxy) is 1. The molecular weight excluding hydrogens is 412 g/mol. The van der Waals surface area contributed by atoms with Gasteiger partial charge in [0, 0.05) is 31.1 Å². The van der Waals surface area contributed by atoms with Gasteiger partial charge in [-0.05, 0) is 37.6 Å². The lowest BCUT2D eigenvalue weighted by atomic mass is 10.2. The summed E-state index contributed by atoms with van der Waals surface area (Å²) in [5.41, 5.74) is 1.58. The lowest BCUT2D eigenvalue weighted by molar-refractivity contribution is -0.118. The van der Waals surface area contributed by atoms with E-state index in [1.165, 1.54) is 18.7 Å². The molecule has 0 aliphatic heterocycles. The highest BCUT2D eigenvalue weighted by molar-refractivity contribution is 7.99. The quantitative estimate of drug-likeness (QED) is 0.279. The molecule has 0 saturated carbocycles. The Bertz CT molecular complexity index is 1000. The van der Waals surface area contributed by atoms with E-state index >= 15 is 0 Å². The number of nitrogens with one attached hydrogen (secondary N) is 1. The van der Waals surface area contributed by atoms with Crippen LogP contribution in [0.3, 0.4) is 0 Å². The number of hydrogen-bond donors (Lipinski definition) is 1. The van der Waals surface area contributed by atoms with Crippen LogP contribution in [0.1, 0.15) is 36.5 Å². The third-order valence-electron chi connectivity index (χ3n) is 4.49. The first-order chi connectivity index (χ1) is 15.1. The number of aromatic nitrogens is 3. The van der Waals surface area contributed by atoms with Crippen molar-refractivity contribution in [3.8, 4) is 11.4 Å². The Labute approximate surface area is 186 Å². The number of Topliss-reactive ketones (excluding diaryl/α,β-unsaturated/α-hetero) is 1. The van der Waals surface area contributed by atoms with Crippen molar-refractivity contribution in [2.75, 3.05) is 18.9 Å². The summed E-state index contributed by atoms with van der Waals surface area (Å²) in [5, 5.41) is 12.1. The average molecular weight is 439 g/mol. The van der Waals surface area contributed by atoms with Gasteiger partial charge in [0.05, 0.1) is 12.4 Å². The van der Waals surface area contributed by atoms with Crippen molar-refractivity contribution < 1.29 is 14.3 Å². The number of hydrogen-bond acceptors (Lipinski definition) is 6. The minimum absolute atomic E-state index is 0.0408. The molecule has 3 rings (SSSR count). The SMILES string of the molecule is CCOc1ccc(-n2c(CCCNC(C)=O)nnc2SCC(=O)c2ccccc2)cc1. The summed E-state index contributed by atoms with van der Waals surface area (Å²) in [5.74, 6) is 1.83. The van der Waals surface area contributed by atoms with Crippen molar-refractivity contribution in [3.05, 3.63) is 66.0 Å². The Kier molecular flexibility index (Phi) is 8.23.